The zero-order chi connectivity index (χ0) is 15.6. The van der Waals surface area contributed by atoms with Crippen molar-refractivity contribution in [2.24, 2.45) is 5.73 Å². The van der Waals surface area contributed by atoms with Gasteiger partial charge in [-0.2, -0.15) is 5.10 Å². The van der Waals surface area contributed by atoms with E-state index < -0.39 is 0 Å². The molecule has 0 aliphatic heterocycles. The average Bonchev–Trinajstić information content (AvgIpc) is 2.72. The molecule has 0 aliphatic carbocycles. The molecule has 0 radical (unpaired) electrons. The number of hydrogen-bond acceptors (Lipinski definition) is 3. The number of nitrogens with two attached hydrogens (primary N) is 1. The van der Waals surface area contributed by atoms with Crippen LogP contribution in [0.1, 0.15) is 23.9 Å². The normalized spacial score (nSPS) is 11.0. The molecule has 4 nitrogen and oxygen atoms in total. The molecule has 0 amide bonds. The number of hydrogen-bond donors (Lipinski definition) is 1. The minimum atomic E-state index is 0.266. The van der Waals surface area contributed by atoms with E-state index in [4.69, 9.17) is 45.3 Å². The maximum absolute atomic E-state index is 6.26. The van der Waals surface area contributed by atoms with Crippen molar-refractivity contribution in [3.05, 3.63) is 44.2 Å². The van der Waals surface area contributed by atoms with Crippen LogP contribution < -0.4 is 10.5 Å². The number of aryl methyl sites for hydroxylation is 2. The van der Waals surface area contributed by atoms with Crippen molar-refractivity contribution >= 4 is 34.8 Å². The molecule has 0 bridgehead atoms. The first kappa shape index (κ1) is 16.4. The summed E-state index contributed by atoms with van der Waals surface area (Å²) in [7, 11) is 0. The predicted molar refractivity (Wildman–Crippen MR) is 86.3 cm³/mol. The molecule has 1 aromatic carbocycles. The van der Waals surface area contributed by atoms with E-state index in [1.165, 1.54) is 0 Å². The SMILES string of the molecule is CCn1nc(C)c(Cl)c1COc1c(Cl)cc(Cl)cc1CN. The Balaban J connectivity index is 2.29. The molecule has 0 spiro atoms. The van der Waals surface area contributed by atoms with Crippen LogP contribution in [0.4, 0.5) is 0 Å². The highest BCUT2D eigenvalue weighted by molar-refractivity contribution is 6.35. The van der Waals surface area contributed by atoms with Crippen molar-refractivity contribution in [3.8, 4) is 5.75 Å². The molecule has 0 unspecified atom stereocenters. The molecule has 114 valence electrons. The highest BCUT2D eigenvalue weighted by Crippen LogP contribution is 2.33. The lowest BCUT2D eigenvalue weighted by Gasteiger charge is -2.13. The van der Waals surface area contributed by atoms with Gasteiger partial charge in [0.25, 0.3) is 0 Å². The minimum absolute atomic E-state index is 0.266. The van der Waals surface area contributed by atoms with Gasteiger partial charge in [-0.25, -0.2) is 0 Å². The Bertz CT molecular complexity index is 655. The first-order valence-electron chi connectivity index (χ1n) is 6.50. The predicted octanol–water partition coefficient (Wildman–Crippen LogP) is 4.21. The first-order valence-corrected chi connectivity index (χ1v) is 7.63. The smallest absolute Gasteiger partial charge is 0.143 e. The quantitative estimate of drug-likeness (QED) is 0.880. The molecular formula is C14H16Cl3N3O. The summed E-state index contributed by atoms with van der Waals surface area (Å²) >= 11 is 18.4. The Kier molecular flexibility index (Phi) is 5.38. The number of aromatic nitrogens is 2. The molecule has 1 aromatic heterocycles. The lowest BCUT2D eigenvalue weighted by Crippen LogP contribution is -2.08. The monoisotopic (exact) mass is 347 g/mol. The van der Waals surface area contributed by atoms with E-state index in [1.54, 1.807) is 12.1 Å². The number of rotatable bonds is 5. The van der Waals surface area contributed by atoms with E-state index in [0.717, 1.165) is 17.0 Å². The van der Waals surface area contributed by atoms with Crippen LogP contribution in [0.2, 0.25) is 15.1 Å². The van der Waals surface area contributed by atoms with Crippen molar-refractivity contribution < 1.29 is 4.74 Å². The van der Waals surface area contributed by atoms with Crippen LogP contribution in [0.3, 0.4) is 0 Å². The number of nitrogens with zero attached hydrogens (tertiary/aromatic N) is 2. The first-order chi connectivity index (χ1) is 9.97. The summed E-state index contributed by atoms with van der Waals surface area (Å²) in [5.41, 5.74) is 8.05. The van der Waals surface area contributed by atoms with Gasteiger partial charge in [-0.3, -0.25) is 4.68 Å². The van der Waals surface area contributed by atoms with Gasteiger partial charge in [-0.15, -0.1) is 0 Å². The second-order valence-electron chi connectivity index (χ2n) is 4.53. The fraction of sp³-hybridized carbons (Fsp3) is 0.357. The largest absolute Gasteiger partial charge is 0.485 e. The fourth-order valence-corrected chi connectivity index (χ4v) is 2.85. The molecule has 2 rings (SSSR count). The van der Waals surface area contributed by atoms with Crippen LogP contribution in [0, 0.1) is 6.92 Å². The van der Waals surface area contributed by atoms with Crippen LogP contribution in [-0.4, -0.2) is 9.78 Å². The average molecular weight is 349 g/mol. The Morgan fingerprint density at radius 3 is 2.62 bits per heavy atom. The third-order valence-electron chi connectivity index (χ3n) is 3.11. The van der Waals surface area contributed by atoms with E-state index in [0.29, 0.717) is 27.4 Å². The maximum Gasteiger partial charge on any atom is 0.143 e. The van der Waals surface area contributed by atoms with Gasteiger partial charge in [-0.1, -0.05) is 34.8 Å². The molecule has 2 aromatic rings. The van der Waals surface area contributed by atoms with Gasteiger partial charge in [0.05, 0.1) is 21.4 Å². The van der Waals surface area contributed by atoms with Gasteiger partial charge in [0.2, 0.25) is 0 Å². The summed E-state index contributed by atoms with van der Waals surface area (Å²) < 4.78 is 7.63. The lowest BCUT2D eigenvalue weighted by molar-refractivity contribution is 0.290. The van der Waals surface area contributed by atoms with Gasteiger partial charge >= 0.3 is 0 Å². The highest BCUT2D eigenvalue weighted by atomic mass is 35.5. The summed E-state index contributed by atoms with van der Waals surface area (Å²) in [5.74, 6) is 0.529. The Morgan fingerprint density at radius 1 is 1.29 bits per heavy atom. The van der Waals surface area contributed by atoms with Crippen molar-refractivity contribution in [3.63, 3.8) is 0 Å². The second kappa shape index (κ2) is 6.88. The zero-order valence-electron chi connectivity index (χ0n) is 11.8. The summed E-state index contributed by atoms with van der Waals surface area (Å²) in [6.45, 7) is 5.12. The van der Waals surface area contributed by atoms with Crippen LogP contribution in [0.25, 0.3) is 0 Å². The summed E-state index contributed by atoms with van der Waals surface area (Å²) in [4.78, 5) is 0. The molecule has 0 saturated heterocycles. The second-order valence-corrected chi connectivity index (χ2v) is 5.75. The standard InChI is InChI=1S/C14H16Cl3N3O/c1-3-20-12(13(17)8(2)19-20)7-21-14-9(6-18)4-10(15)5-11(14)16/h4-5H,3,6-7,18H2,1-2H3. The molecule has 7 heteroatoms. The van der Waals surface area contributed by atoms with Crippen molar-refractivity contribution in [2.75, 3.05) is 0 Å². The van der Waals surface area contributed by atoms with E-state index >= 15 is 0 Å². The molecule has 1 heterocycles. The molecule has 0 aliphatic rings. The van der Waals surface area contributed by atoms with Gasteiger partial charge in [-0.05, 0) is 26.0 Å². The van der Waals surface area contributed by atoms with E-state index in [9.17, 15) is 0 Å². The molecule has 0 atom stereocenters. The molecule has 0 saturated carbocycles. The maximum atomic E-state index is 6.26. The van der Waals surface area contributed by atoms with Gasteiger partial charge in [0.15, 0.2) is 0 Å². The van der Waals surface area contributed by atoms with E-state index in [-0.39, 0.29) is 13.2 Å². The number of ether oxygens (including phenoxy) is 1. The van der Waals surface area contributed by atoms with Gasteiger partial charge < -0.3 is 10.5 Å². The van der Waals surface area contributed by atoms with Crippen LogP contribution in [0.15, 0.2) is 12.1 Å². The Hall–Kier alpha value is -0.940. The number of halogens is 3. The number of benzene rings is 1. The van der Waals surface area contributed by atoms with Crippen LogP contribution >= 0.6 is 34.8 Å². The summed E-state index contributed by atoms with van der Waals surface area (Å²) in [6, 6.07) is 3.37. The fourth-order valence-electron chi connectivity index (χ4n) is 2.07. The Labute approximate surface area is 138 Å². The molecular weight excluding hydrogens is 333 g/mol. The van der Waals surface area contributed by atoms with Crippen molar-refractivity contribution in [1.82, 2.24) is 9.78 Å². The third kappa shape index (κ3) is 3.46. The zero-order valence-corrected chi connectivity index (χ0v) is 14.1. The van der Waals surface area contributed by atoms with Gasteiger partial charge in [0, 0.05) is 23.7 Å². The van der Waals surface area contributed by atoms with Crippen molar-refractivity contribution in [2.45, 2.75) is 33.5 Å². The summed E-state index contributed by atoms with van der Waals surface area (Å²) in [6.07, 6.45) is 0. The van der Waals surface area contributed by atoms with E-state index in [2.05, 4.69) is 5.10 Å². The lowest BCUT2D eigenvalue weighted by atomic mass is 10.2. The van der Waals surface area contributed by atoms with Crippen LogP contribution in [0.5, 0.6) is 5.75 Å². The van der Waals surface area contributed by atoms with E-state index in [1.807, 2.05) is 18.5 Å². The molecule has 21 heavy (non-hydrogen) atoms. The minimum Gasteiger partial charge on any atom is -0.485 e. The van der Waals surface area contributed by atoms with Crippen LogP contribution in [-0.2, 0) is 19.7 Å². The summed E-state index contributed by atoms with van der Waals surface area (Å²) in [5, 5.41) is 5.91. The van der Waals surface area contributed by atoms with Gasteiger partial charge in [0.1, 0.15) is 12.4 Å². The highest BCUT2D eigenvalue weighted by Gasteiger charge is 2.15. The molecule has 2 N–H and O–H groups in total. The molecule has 0 fully saturated rings. The van der Waals surface area contributed by atoms with Crippen molar-refractivity contribution in [1.29, 1.82) is 0 Å². The third-order valence-corrected chi connectivity index (χ3v) is 4.10. The topological polar surface area (TPSA) is 53.1 Å². The Morgan fingerprint density at radius 2 is 2.00 bits per heavy atom.